The van der Waals surface area contributed by atoms with Crippen molar-refractivity contribution >= 4 is 26.7 Å². The zero-order chi connectivity index (χ0) is 23.1. The van der Waals surface area contributed by atoms with E-state index in [9.17, 15) is 18.0 Å². The summed E-state index contributed by atoms with van der Waals surface area (Å²) in [6.45, 7) is 5.26. The van der Waals surface area contributed by atoms with Gasteiger partial charge in [0.2, 0.25) is 5.52 Å². The van der Waals surface area contributed by atoms with Gasteiger partial charge in [-0.05, 0) is 35.2 Å². The first-order chi connectivity index (χ1) is 15.1. The van der Waals surface area contributed by atoms with Gasteiger partial charge in [0.15, 0.2) is 6.20 Å². The van der Waals surface area contributed by atoms with E-state index in [1.807, 2.05) is 20.8 Å². The SMILES string of the molecule is CC(C)(C)c1ccc(S(=O)(=O)Nc2cc(CF)nn2-c2cccc3c2ccc[n+]3[O-])cc1. The second-order valence-corrected chi connectivity index (χ2v) is 10.2. The Morgan fingerprint density at radius 1 is 1.09 bits per heavy atom. The molecule has 0 amide bonds. The van der Waals surface area contributed by atoms with Gasteiger partial charge in [-0.15, -0.1) is 0 Å². The highest BCUT2D eigenvalue weighted by molar-refractivity contribution is 7.92. The lowest BCUT2D eigenvalue weighted by molar-refractivity contribution is -0.577. The quantitative estimate of drug-likeness (QED) is 0.361. The van der Waals surface area contributed by atoms with Crippen molar-refractivity contribution in [1.82, 2.24) is 9.78 Å². The second kappa shape index (κ2) is 7.90. The number of rotatable bonds is 5. The topological polar surface area (TPSA) is 90.9 Å². The van der Waals surface area contributed by atoms with E-state index in [-0.39, 0.29) is 21.8 Å². The van der Waals surface area contributed by atoms with Crippen LogP contribution in [0.4, 0.5) is 10.2 Å². The van der Waals surface area contributed by atoms with Crippen LogP contribution in [0.5, 0.6) is 0 Å². The van der Waals surface area contributed by atoms with Gasteiger partial charge < -0.3 is 5.21 Å². The molecule has 7 nitrogen and oxygen atoms in total. The number of alkyl halides is 1. The molecule has 0 radical (unpaired) electrons. The van der Waals surface area contributed by atoms with Crippen LogP contribution in [0.25, 0.3) is 16.6 Å². The van der Waals surface area contributed by atoms with Crippen LogP contribution < -0.4 is 9.45 Å². The predicted molar refractivity (Wildman–Crippen MR) is 121 cm³/mol. The first kappa shape index (κ1) is 21.8. The van der Waals surface area contributed by atoms with Crippen molar-refractivity contribution in [3.63, 3.8) is 0 Å². The Morgan fingerprint density at radius 3 is 2.47 bits per heavy atom. The van der Waals surface area contributed by atoms with Crippen LogP contribution >= 0.6 is 0 Å². The number of anilines is 1. The molecule has 0 atom stereocenters. The van der Waals surface area contributed by atoms with Gasteiger partial charge in [0.1, 0.15) is 12.5 Å². The number of halogens is 1. The van der Waals surface area contributed by atoms with Gasteiger partial charge in [-0.3, -0.25) is 4.72 Å². The van der Waals surface area contributed by atoms with Gasteiger partial charge in [0, 0.05) is 18.2 Å². The molecular weight excluding hydrogens is 431 g/mol. The monoisotopic (exact) mass is 454 g/mol. The van der Waals surface area contributed by atoms with Gasteiger partial charge in [-0.1, -0.05) is 39.0 Å². The predicted octanol–water partition coefficient (Wildman–Crippen LogP) is 4.23. The van der Waals surface area contributed by atoms with Crippen LogP contribution in [-0.4, -0.2) is 18.2 Å². The molecule has 0 aliphatic carbocycles. The van der Waals surface area contributed by atoms with Gasteiger partial charge in [0.05, 0.1) is 21.7 Å². The minimum Gasteiger partial charge on any atom is -0.618 e. The van der Waals surface area contributed by atoms with Crippen molar-refractivity contribution in [1.29, 1.82) is 0 Å². The highest BCUT2D eigenvalue weighted by Gasteiger charge is 2.22. The van der Waals surface area contributed by atoms with Crippen LogP contribution in [0, 0.1) is 5.21 Å². The molecular formula is C23H23FN4O3S. The Bertz CT molecular complexity index is 1390. The van der Waals surface area contributed by atoms with Gasteiger partial charge in [0.25, 0.3) is 10.0 Å². The summed E-state index contributed by atoms with van der Waals surface area (Å²) in [6, 6.07) is 16.3. The molecule has 4 rings (SSSR count). The molecule has 0 fully saturated rings. The van der Waals surface area contributed by atoms with Crippen molar-refractivity contribution in [3.8, 4) is 5.69 Å². The molecule has 2 aromatic carbocycles. The van der Waals surface area contributed by atoms with Crippen LogP contribution in [0.3, 0.4) is 0 Å². The minimum atomic E-state index is -3.96. The third kappa shape index (κ3) is 4.03. The standard InChI is InChI=1S/C23H23FN4O3S/c1-23(2,3)16-9-11-18(12-10-16)32(30,31)26-22-14-17(15-24)25-28(22)21-8-4-7-20-19(21)6-5-13-27(20)29/h4-14,26H,15H2,1-3H3. The minimum absolute atomic E-state index is 0.0636. The molecule has 1 N–H and O–H groups in total. The number of sulfonamides is 1. The molecule has 2 aromatic heterocycles. The Balaban J connectivity index is 1.78. The van der Waals surface area contributed by atoms with Crippen LogP contribution in [0.1, 0.15) is 32.0 Å². The van der Waals surface area contributed by atoms with Crippen molar-refractivity contribution in [2.75, 3.05) is 4.72 Å². The van der Waals surface area contributed by atoms with Crippen molar-refractivity contribution in [2.24, 2.45) is 0 Å². The molecule has 0 aliphatic rings. The normalized spacial score (nSPS) is 12.2. The fourth-order valence-corrected chi connectivity index (χ4v) is 4.50. The van der Waals surface area contributed by atoms with Crippen molar-refractivity contribution in [3.05, 3.63) is 83.3 Å². The number of pyridine rings is 1. The lowest BCUT2D eigenvalue weighted by Gasteiger charge is -2.19. The Morgan fingerprint density at radius 2 is 1.81 bits per heavy atom. The van der Waals surface area contributed by atoms with E-state index in [0.717, 1.165) is 5.56 Å². The zero-order valence-corrected chi connectivity index (χ0v) is 18.7. The van der Waals surface area contributed by atoms with Gasteiger partial charge in [-0.25, -0.2) is 17.5 Å². The summed E-state index contributed by atoms with van der Waals surface area (Å²) in [4.78, 5) is 0.0790. The Hall–Kier alpha value is -3.46. The third-order valence-corrected chi connectivity index (χ3v) is 6.55. The molecule has 4 aromatic rings. The Labute approximate surface area is 185 Å². The maximum atomic E-state index is 13.4. The number of nitrogens with zero attached hydrogens (tertiary/aromatic N) is 3. The van der Waals surface area contributed by atoms with E-state index in [2.05, 4.69) is 9.82 Å². The zero-order valence-electron chi connectivity index (χ0n) is 17.9. The first-order valence-corrected chi connectivity index (χ1v) is 11.5. The lowest BCUT2D eigenvalue weighted by atomic mass is 9.87. The maximum Gasteiger partial charge on any atom is 0.263 e. The fraction of sp³-hybridized carbons (Fsp3) is 0.217. The van der Waals surface area contributed by atoms with Crippen molar-refractivity contribution in [2.45, 2.75) is 37.8 Å². The Kier molecular flexibility index (Phi) is 5.37. The molecule has 166 valence electrons. The van der Waals surface area contributed by atoms with Crippen LogP contribution in [0.15, 0.2) is 71.8 Å². The molecule has 0 bridgehead atoms. The number of hydrogen-bond donors (Lipinski definition) is 1. The molecule has 0 saturated heterocycles. The largest absolute Gasteiger partial charge is 0.618 e. The molecule has 0 spiro atoms. The first-order valence-electron chi connectivity index (χ1n) is 10.00. The van der Waals surface area contributed by atoms with Gasteiger partial charge >= 0.3 is 0 Å². The highest BCUT2D eigenvalue weighted by Crippen LogP contribution is 2.27. The lowest BCUT2D eigenvalue weighted by Crippen LogP contribution is -2.26. The van der Waals surface area contributed by atoms with E-state index in [4.69, 9.17) is 0 Å². The summed E-state index contributed by atoms with van der Waals surface area (Å²) in [5.41, 5.74) is 1.79. The van der Waals surface area contributed by atoms with Crippen LogP contribution in [-0.2, 0) is 22.1 Å². The van der Waals surface area contributed by atoms with Gasteiger partial charge in [-0.2, -0.15) is 9.83 Å². The maximum absolute atomic E-state index is 13.4. The molecule has 2 heterocycles. The second-order valence-electron chi connectivity index (χ2n) is 8.49. The number of nitrogens with one attached hydrogen (secondary N) is 1. The number of aromatic nitrogens is 3. The summed E-state index contributed by atoms with van der Waals surface area (Å²) >= 11 is 0. The summed E-state index contributed by atoms with van der Waals surface area (Å²) < 4.78 is 44.1. The average Bonchev–Trinajstić information content (AvgIpc) is 3.15. The van der Waals surface area contributed by atoms with E-state index in [0.29, 0.717) is 21.3 Å². The molecule has 0 aliphatic heterocycles. The van der Waals surface area contributed by atoms with E-state index in [1.54, 1.807) is 42.5 Å². The van der Waals surface area contributed by atoms with Crippen molar-refractivity contribution < 1.29 is 17.5 Å². The van der Waals surface area contributed by atoms with E-state index >= 15 is 0 Å². The number of fused-ring (bicyclic) bond motifs is 1. The summed E-state index contributed by atoms with van der Waals surface area (Å²) in [5, 5.41) is 16.9. The smallest absolute Gasteiger partial charge is 0.263 e. The summed E-state index contributed by atoms with van der Waals surface area (Å²) in [5.74, 6) is 0.0753. The molecule has 0 unspecified atom stereocenters. The highest BCUT2D eigenvalue weighted by atomic mass is 32.2. The number of benzene rings is 2. The van der Waals surface area contributed by atoms with E-state index < -0.39 is 16.7 Å². The van der Waals surface area contributed by atoms with E-state index in [1.165, 1.54) is 29.1 Å². The summed E-state index contributed by atoms with van der Waals surface area (Å²) in [6.07, 6.45) is 1.37. The molecule has 0 saturated carbocycles. The fourth-order valence-electron chi connectivity index (χ4n) is 3.47. The number of hydrogen-bond acceptors (Lipinski definition) is 4. The summed E-state index contributed by atoms with van der Waals surface area (Å²) in [7, 11) is -3.96. The molecule has 9 heteroatoms. The molecule has 32 heavy (non-hydrogen) atoms. The third-order valence-electron chi connectivity index (χ3n) is 5.18. The van der Waals surface area contributed by atoms with Crippen LogP contribution in [0.2, 0.25) is 0 Å². The average molecular weight is 455 g/mol.